The lowest BCUT2D eigenvalue weighted by Gasteiger charge is -2.41. The fraction of sp³-hybridized carbons (Fsp3) is 0.731. The van der Waals surface area contributed by atoms with E-state index in [4.69, 9.17) is 4.74 Å². The van der Waals surface area contributed by atoms with Crippen molar-refractivity contribution in [3.05, 3.63) is 34.9 Å². The van der Waals surface area contributed by atoms with E-state index in [9.17, 15) is 36.2 Å². The van der Waals surface area contributed by atoms with Crippen molar-refractivity contribution in [3.8, 4) is 0 Å². The summed E-state index contributed by atoms with van der Waals surface area (Å²) in [5.41, 5.74) is -6.01. The Balaban J connectivity index is 1.36. The zero-order chi connectivity index (χ0) is 27.0. The van der Waals surface area contributed by atoms with Crippen LogP contribution in [0.4, 0.5) is 26.3 Å². The van der Waals surface area contributed by atoms with E-state index < -0.39 is 52.4 Å². The van der Waals surface area contributed by atoms with E-state index in [0.29, 0.717) is 56.9 Å². The molecule has 4 fully saturated rings. The lowest BCUT2D eigenvalue weighted by atomic mass is 9.88. The topological polar surface area (TPSA) is 61.8 Å². The van der Waals surface area contributed by atoms with Gasteiger partial charge in [-0.15, -0.1) is 0 Å². The van der Waals surface area contributed by atoms with Gasteiger partial charge in [-0.3, -0.25) is 9.69 Å². The van der Waals surface area contributed by atoms with Crippen molar-refractivity contribution < 1.29 is 41.0 Å². The van der Waals surface area contributed by atoms with Crippen LogP contribution in [-0.2, 0) is 28.4 Å². The number of benzene rings is 1. The van der Waals surface area contributed by atoms with Crippen molar-refractivity contribution in [3.63, 3.8) is 0 Å². The summed E-state index contributed by atoms with van der Waals surface area (Å²) in [6.07, 6.45) is -6.10. The lowest BCUT2D eigenvalue weighted by molar-refractivity contribution is -0.143. The molecular weight excluding hydrogens is 502 g/mol. The molecule has 4 unspecified atom stereocenters. The van der Waals surface area contributed by atoms with E-state index in [1.54, 1.807) is 0 Å². The molecule has 0 radical (unpaired) electrons. The van der Waals surface area contributed by atoms with Crippen LogP contribution in [0.5, 0.6) is 0 Å². The minimum Gasteiger partial charge on any atom is -0.388 e. The van der Waals surface area contributed by atoms with E-state index >= 15 is 0 Å². The largest absolute Gasteiger partial charge is 0.416 e. The van der Waals surface area contributed by atoms with Crippen LogP contribution in [0.25, 0.3) is 0 Å². The molecule has 1 aromatic carbocycles. The summed E-state index contributed by atoms with van der Waals surface area (Å²) in [5.74, 6) is -0.180. The van der Waals surface area contributed by atoms with E-state index in [2.05, 4.69) is 17.1 Å². The summed E-state index contributed by atoms with van der Waals surface area (Å²) in [4.78, 5) is 15.9. The first kappa shape index (κ1) is 26.7. The van der Waals surface area contributed by atoms with Crippen molar-refractivity contribution >= 4 is 5.91 Å². The van der Waals surface area contributed by atoms with E-state index in [1.165, 1.54) is 0 Å². The van der Waals surface area contributed by atoms with Gasteiger partial charge in [0.1, 0.15) is 0 Å². The van der Waals surface area contributed by atoms with Gasteiger partial charge in [0.15, 0.2) is 0 Å². The van der Waals surface area contributed by atoms with Crippen molar-refractivity contribution in [2.24, 2.45) is 16.7 Å². The third-order valence-corrected chi connectivity index (χ3v) is 9.70. The number of rotatable bonds is 5. The minimum atomic E-state index is -4.96. The first-order chi connectivity index (χ1) is 17.2. The molecule has 4 aliphatic rings. The highest BCUT2D eigenvalue weighted by atomic mass is 19.4. The first-order valence-electron chi connectivity index (χ1n) is 12.7. The van der Waals surface area contributed by atoms with Crippen LogP contribution in [0.1, 0.15) is 62.1 Å². The number of alkyl halides is 6. The first-order valence-corrected chi connectivity index (χ1v) is 12.7. The van der Waals surface area contributed by atoms with Gasteiger partial charge in [0.05, 0.1) is 28.7 Å². The molecule has 37 heavy (non-hydrogen) atoms. The van der Waals surface area contributed by atoms with Crippen molar-refractivity contribution in [1.29, 1.82) is 0 Å². The van der Waals surface area contributed by atoms with Gasteiger partial charge in [-0.05, 0) is 75.3 Å². The van der Waals surface area contributed by atoms with Crippen LogP contribution >= 0.6 is 0 Å². The molecule has 1 aromatic rings. The third-order valence-electron chi connectivity index (χ3n) is 9.70. The number of carbonyl (C=O) groups is 1. The summed E-state index contributed by atoms with van der Waals surface area (Å²) in [7, 11) is 2.03. The third kappa shape index (κ3) is 3.90. The predicted octanol–water partition coefficient (Wildman–Crippen LogP) is 4.76. The summed E-state index contributed by atoms with van der Waals surface area (Å²) >= 11 is 0. The molecule has 5 nitrogen and oxygen atoms in total. The SMILES string of the molecule is CC1COCCC1N(C)[C@@H]1CC23CCCC2(O)[C@@]3(C(=O)NCc2cc(C(F)(F)F)cc(C(F)(F)F)c2)C1. The maximum absolute atomic E-state index is 13.6. The molecule has 1 amide bonds. The van der Waals surface area contributed by atoms with E-state index in [1.807, 2.05) is 7.05 Å². The Kier molecular flexibility index (Phi) is 6.20. The van der Waals surface area contributed by atoms with Gasteiger partial charge in [-0.2, -0.15) is 26.3 Å². The Morgan fingerprint density at radius 3 is 2.35 bits per heavy atom. The maximum Gasteiger partial charge on any atom is 0.416 e. The number of ether oxygens (including phenoxy) is 1. The summed E-state index contributed by atoms with van der Waals surface area (Å²) in [5, 5.41) is 14.1. The molecule has 3 saturated carbocycles. The Hall–Kier alpha value is -1.85. The van der Waals surface area contributed by atoms with Crippen molar-refractivity contribution in [1.82, 2.24) is 10.2 Å². The molecule has 0 aromatic heterocycles. The quantitative estimate of drug-likeness (QED) is 0.535. The molecule has 2 N–H and O–H groups in total. The molecule has 0 bridgehead atoms. The Morgan fingerprint density at radius 1 is 1.11 bits per heavy atom. The van der Waals surface area contributed by atoms with Gasteiger partial charge in [-0.25, -0.2) is 0 Å². The predicted molar refractivity (Wildman–Crippen MR) is 121 cm³/mol. The molecule has 3 aliphatic carbocycles. The second kappa shape index (κ2) is 8.58. The number of aliphatic hydroxyl groups is 1. The monoisotopic (exact) mass is 534 g/mol. The number of amides is 1. The Morgan fingerprint density at radius 2 is 1.76 bits per heavy atom. The molecule has 1 saturated heterocycles. The maximum atomic E-state index is 13.6. The van der Waals surface area contributed by atoms with Gasteiger partial charge in [0.2, 0.25) is 5.91 Å². The average molecular weight is 535 g/mol. The number of hydrogen-bond donors (Lipinski definition) is 2. The summed E-state index contributed by atoms with van der Waals surface area (Å²) in [6.45, 7) is 2.94. The van der Waals surface area contributed by atoms with Crippen LogP contribution in [0.3, 0.4) is 0 Å². The van der Waals surface area contributed by atoms with Crippen LogP contribution in [0.2, 0.25) is 0 Å². The van der Waals surface area contributed by atoms with Crippen LogP contribution in [0, 0.1) is 16.7 Å². The number of halogens is 6. The zero-order valence-electron chi connectivity index (χ0n) is 20.8. The molecular formula is C26H32F6N2O3. The highest BCUT2D eigenvalue weighted by Gasteiger charge is 2.93. The Labute approximate surface area is 211 Å². The van der Waals surface area contributed by atoms with Crippen LogP contribution < -0.4 is 5.32 Å². The van der Waals surface area contributed by atoms with E-state index in [0.717, 1.165) is 12.8 Å². The second-order valence-electron chi connectivity index (χ2n) is 11.4. The summed E-state index contributed by atoms with van der Waals surface area (Å²) < 4.78 is 85.1. The smallest absolute Gasteiger partial charge is 0.388 e. The van der Waals surface area contributed by atoms with Gasteiger partial charge in [0.25, 0.3) is 0 Å². The normalized spacial score (nSPS) is 37.4. The molecule has 206 valence electrons. The lowest BCUT2D eigenvalue weighted by Crippen LogP contribution is -2.49. The molecule has 6 atom stereocenters. The van der Waals surface area contributed by atoms with Gasteiger partial charge >= 0.3 is 12.4 Å². The molecule has 11 heteroatoms. The van der Waals surface area contributed by atoms with Gasteiger partial charge < -0.3 is 15.2 Å². The van der Waals surface area contributed by atoms with Crippen molar-refractivity contribution in [2.75, 3.05) is 20.3 Å². The van der Waals surface area contributed by atoms with Crippen LogP contribution in [-0.4, -0.2) is 53.9 Å². The standard InChI is InChI=1S/C26H32F6N2O3/c1-15-14-37-7-4-20(15)34(2)19-11-22-5-3-6-24(22,36)23(22,12-19)21(35)33-13-16-8-17(25(27,28)29)10-18(9-16)26(30,31)32/h8-10,15,19-20,36H,3-7,11-14H2,1-2H3,(H,33,35)/t15?,19-,20?,22?,23-,24?/m1/s1. The molecule has 1 spiro atoms. The summed E-state index contributed by atoms with van der Waals surface area (Å²) in [6, 6.07) is 1.64. The minimum absolute atomic E-state index is 0.0417. The Bertz CT molecular complexity index is 1050. The number of hydrogen-bond acceptors (Lipinski definition) is 4. The number of fused-ring (bicyclic) bond motifs is 1. The molecule has 1 aliphatic heterocycles. The van der Waals surface area contributed by atoms with Gasteiger partial charge in [-0.1, -0.05) is 6.92 Å². The number of nitrogens with zero attached hydrogens (tertiary/aromatic N) is 1. The average Bonchev–Trinajstić information content (AvgIpc) is 3.14. The molecule has 1 heterocycles. The number of carbonyl (C=O) groups excluding carboxylic acids is 1. The zero-order valence-corrected chi connectivity index (χ0v) is 20.8. The second-order valence-corrected chi connectivity index (χ2v) is 11.4. The highest BCUT2D eigenvalue weighted by molar-refractivity contribution is 5.91. The fourth-order valence-corrected chi connectivity index (χ4v) is 7.97. The van der Waals surface area contributed by atoms with Crippen LogP contribution in [0.15, 0.2) is 18.2 Å². The number of nitrogens with one attached hydrogen (secondary N) is 1. The van der Waals surface area contributed by atoms with Gasteiger partial charge in [0, 0.05) is 30.7 Å². The highest BCUT2D eigenvalue weighted by Crippen LogP contribution is 2.86. The fourth-order valence-electron chi connectivity index (χ4n) is 7.97. The molecule has 5 rings (SSSR count). The van der Waals surface area contributed by atoms with E-state index in [-0.39, 0.29) is 23.7 Å². The van der Waals surface area contributed by atoms with Crippen molar-refractivity contribution in [2.45, 2.75) is 82.0 Å².